The van der Waals surface area contributed by atoms with E-state index in [-0.39, 0.29) is 17.9 Å². The Morgan fingerprint density at radius 1 is 1.21 bits per heavy atom. The molecule has 1 N–H and O–H groups in total. The maximum Gasteiger partial charge on any atom is 0.346 e. The van der Waals surface area contributed by atoms with Crippen molar-refractivity contribution in [2.45, 2.75) is 19.4 Å². The van der Waals surface area contributed by atoms with Gasteiger partial charge in [0.15, 0.2) is 6.10 Å². The summed E-state index contributed by atoms with van der Waals surface area (Å²) in [6, 6.07) is 4.32. The Bertz CT molecular complexity index is 468. The van der Waals surface area contributed by atoms with E-state index in [0.717, 1.165) is 0 Å². The lowest BCUT2D eigenvalue weighted by Gasteiger charge is -2.13. The summed E-state index contributed by atoms with van der Waals surface area (Å²) in [5.41, 5.74) is 0.527. The maximum atomic E-state index is 11.2. The molecule has 1 unspecified atom stereocenters. The van der Waals surface area contributed by atoms with Gasteiger partial charge in [-0.25, -0.2) is 4.79 Å². The number of hydrogen-bond donors (Lipinski definition) is 1. The molecule has 0 saturated carbocycles. The number of hydrogen-bond acceptors (Lipinski definition) is 6. The first-order valence-corrected chi connectivity index (χ1v) is 5.60. The van der Waals surface area contributed by atoms with Crippen LogP contribution in [0.5, 0.6) is 11.5 Å². The number of phenols is 1. The second-order valence-corrected chi connectivity index (χ2v) is 3.87. The van der Waals surface area contributed by atoms with Crippen LogP contribution in [-0.2, 0) is 25.5 Å². The number of carbonyl (C=O) groups excluding carboxylic acids is 2. The summed E-state index contributed by atoms with van der Waals surface area (Å²) in [4.78, 5) is 22.4. The molecule has 6 heteroatoms. The number of benzene rings is 1. The number of carbonyl (C=O) groups is 2. The van der Waals surface area contributed by atoms with Crippen LogP contribution in [0, 0.1) is 0 Å². The molecule has 0 bridgehead atoms. The van der Waals surface area contributed by atoms with Crippen molar-refractivity contribution in [3.63, 3.8) is 0 Å². The zero-order chi connectivity index (χ0) is 14.4. The third-order valence-corrected chi connectivity index (χ3v) is 2.37. The normalized spacial score (nSPS) is 11.5. The minimum absolute atomic E-state index is 0.00780. The summed E-state index contributed by atoms with van der Waals surface area (Å²) in [6.45, 7) is 1.52. The third-order valence-electron chi connectivity index (χ3n) is 2.37. The maximum absolute atomic E-state index is 11.2. The van der Waals surface area contributed by atoms with Crippen LogP contribution in [0.1, 0.15) is 12.5 Å². The van der Waals surface area contributed by atoms with E-state index < -0.39 is 18.0 Å². The summed E-state index contributed by atoms with van der Waals surface area (Å²) in [6.07, 6.45) is -0.800. The van der Waals surface area contributed by atoms with Crippen molar-refractivity contribution in [1.29, 1.82) is 0 Å². The van der Waals surface area contributed by atoms with Crippen LogP contribution < -0.4 is 4.74 Å². The van der Waals surface area contributed by atoms with E-state index in [1.165, 1.54) is 33.3 Å². The minimum atomic E-state index is -0.808. The highest BCUT2D eigenvalue weighted by Gasteiger charge is 2.16. The van der Waals surface area contributed by atoms with Crippen LogP contribution in [-0.4, -0.2) is 37.4 Å². The first-order valence-electron chi connectivity index (χ1n) is 5.60. The summed E-state index contributed by atoms with van der Waals surface area (Å²) in [5.74, 6) is -0.749. The zero-order valence-electron chi connectivity index (χ0n) is 11.0. The van der Waals surface area contributed by atoms with E-state index in [1.54, 1.807) is 6.07 Å². The third kappa shape index (κ3) is 4.50. The molecule has 0 aliphatic heterocycles. The highest BCUT2D eigenvalue weighted by Crippen LogP contribution is 2.23. The molecule has 0 fully saturated rings. The summed E-state index contributed by atoms with van der Waals surface area (Å²) in [5, 5.41) is 9.54. The van der Waals surface area contributed by atoms with Crippen LogP contribution in [0.3, 0.4) is 0 Å². The molecule has 0 saturated heterocycles. The molecule has 1 atom stereocenters. The molecule has 19 heavy (non-hydrogen) atoms. The molecule has 6 nitrogen and oxygen atoms in total. The Balaban J connectivity index is 2.84. The van der Waals surface area contributed by atoms with Gasteiger partial charge in [-0.05, 0) is 24.6 Å². The fraction of sp³-hybridized carbons (Fsp3) is 0.385. The van der Waals surface area contributed by atoms with Gasteiger partial charge in [-0.15, -0.1) is 0 Å². The molecule has 0 aliphatic rings. The molecule has 104 valence electrons. The van der Waals surface area contributed by atoms with Crippen LogP contribution in [0.25, 0.3) is 0 Å². The van der Waals surface area contributed by atoms with Crippen molar-refractivity contribution in [2.75, 3.05) is 14.2 Å². The van der Waals surface area contributed by atoms with Crippen LogP contribution in [0.2, 0.25) is 0 Å². The van der Waals surface area contributed by atoms with Gasteiger partial charge in [0.2, 0.25) is 0 Å². The number of ether oxygens (including phenoxy) is 3. The quantitative estimate of drug-likeness (QED) is 0.804. The van der Waals surface area contributed by atoms with Gasteiger partial charge in [-0.1, -0.05) is 0 Å². The zero-order valence-corrected chi connectivity index (χ0v) is 11.0. The van der Waals surface area contributed by atoms with Gasteiger partial charge in [0.1, 0.15) is 11.5 Å². The molecule has 0 spiro atoms. The van der Waals surface area contributed by atoms with Crippen molar-refractivity contribution < 1.29 is 28.9 Å². The van der Waals surface area contributed by atoms with Crippen molar-refractivity contribution in [2.24, 2.45) is 0 Å². The predicted octanol–water partition coefficient (Wildman–Crippen LogP) is 1.05. The van der Waals surface area contributed by atoms with Crippen LogP contribution in [0.4, 0.5) is 0 Å². The van der Waals surface area contributed by atoms with Crippen molar-refractivity contribution in [3.05, 3.63) is 23.8 Å². The number of aromatic hydroxyl groups is 1. The summed E-state index contributed by atoms with van der Waals surface area (Å²) < 4.78 is 14.4. The molecule has 0 amide bonds. The standard InChI is InChI=1S/C13H16O6/c1-8(13(16)18-3)19-11-5-9(4-10(14)7-11)6-12(15)17-2/h4-5,7-8,14H,6H2,1-3H3. The Hall–Kier alpha value is -2.24. The highest BCUT2D eigenvalue weighted by atomic mass is 16.6. The van der Waals surface area contributed by atoms with Gasteiger partial charge in [0, 0.05) is 6.07 Å². The van der Waals surface area contributed by atoms with Crippen molar-refractivity contribution in [1.82, 2.24) is 0 Å². The monoisotopic (exact) mass is 268 g/mol. The van der Waals surface area contributed by atoms with Gasteiger partial charge >= 0.3 is 11.9 Å². The SMILES string of the molecule is COC(=O)Cc1cc(O)cc(OC(C)C(=O)OC)c1. The average Bonchev–Trinajstić information content (AvgIpc) is 2.36. The molecular weight excluding hydrogens is 252 g/mol. The highest BCUT2D eigenvalue weighted by molar-refractivity contribution is 5.74. The Morgan fingerprint density at radius 3 is 2.47 bits per heavy atom. The van der Waals surface area contributed by atoms with Crippen LogP contribution >= 0.6 is 0 Å². The van der Waals surface area contributed by atoms with E-state index in [1.807, 2.05) is 0 Å². The van der Waals surface area contributed by atoms with Crippen molar-refractivity contribution in [3.8, 4) is 11.5 Å². The second kappa shape index (κ2) is 6.63. The van der Waals surface area contributed by atoms with E-state index in [4.69, 9.17) is 4.74 Å². The van der Waals surface area contributed by atoms with E-state index in [2.05, 4.69) is 9.47 Å². The largest absolute Gasteiger partial charge is 0.508 e. The Morgan fingerprint density at radius 2 is 1.89 bits per heavy atom. The topological polar surface area (TPSA) is 82.1 Å². The average molecular weight is 268 g/mol. The van der Waals surface area contributed by atoms with E-state index >= 15 is 0 Å². The first-order chi connectivity index (χ1) is 8.96. The lowest BCUT2D eigenvalue weighted by molar-refractivity contribution is -0.148. The lowest BCUT2D eigenvalue weighted by atomic mass is 10.1. The molecule has 0 heterocycles. The molecular formula is C13H16O6. The number of phenolic OH excluding ortho intramolecular Hbond substituents is 1. The molecule has 1 aromatic carbocycles. The predicted molar refractivity (Wildman–Crippen MR) is 65.9 cm³/mol. The number of methoxy groups -OCH3 is 2. The minimum Gasteiger partial charge on any atom is -0.508 e. The lowest BCUT2D eigenvalue weighted by Crippen LogP contribution is -2.24. The molecule has 1 rings (SSSR count). The van der Waals surface area contributed by atoms with Gasteiger partial charge in [-0.2, -0.15) is 0 Å². The molecule has 1 aromatic rings. The van der Waals surface area contributed by atoms with Gasteiger partial charge in [0.05, 0.1) is 20.6 Å². The van der Waals surface area contributed by atoms with Gasteiger partial charge in [0.25, 0.3) is 0 Å². The first kappa shape index (κ1) is 14.8. The Labute approximate surface area is 110 Å². The molecule has 0 aromatic heterocycles. The number of rotatable bonds is 5. The van der Waals surface area contributed by atoms with E-state index in [9.17, 15) is 14.7 Å². The second-order valence-electron chi connectivity index (χ2n) is 3.87. The van der Waals surface area contributed by atoms with Gasteiger partial charge < -0.3 is 19.3 Å². The van der Waals surface area contributed by atoms with E-state index in [0.29, 0.717) is 5.56 Å². The molecule has 0 aliphatic carbocycles. The number of esters is 2. The fourth-order valence-electron chi connectivity index (χ4n) is 1.47. The summed E-state index contributed by atoms with van der Waals surface area (Å²) in [7, 11) is 2.54. The Kier molecular flexibility index (Phi) is 5.17. The fourth-order valence-corrected chi connectivity index (χ4v) is 1.47. The smallest absolute Gasteiger partial charge is 0.346 e. The van der Waals surface area contributed by atoms with Crippen LogP contribution in [0.15, 0.2) is 18.2 Å². The summed E-state index contributed by atoms with van der Waals surface area (Å²) >= 11 is 0. The van der Waals surface area contributed by atoms with Crippen molar-refractivity contribution >= 4 is 11.9 Å². The van der Waals surface area contributed by atoms with Gasteiger partial charge in [-0.3, -0.25) is 4.79 Å². The molecule has 0 radical (unpaired) electrons.